The fourth-order valence-corrected chi connectivity index (χ4v) is 2.15. The van der Waals surface area contributed by atoms with E-state index in [1.165, 1.54) is 27.5 Å². The first-order valence-electron chi connectivity index (χ1n) is 7.40. The number of nitrogens with zero attached hydrogens (tertiary/aromatic N) is 1. The van der Waals surface area contributed by atoms with Gasteiger partial charge in [0.15, 0.2) is 11.5 Å². The van der Waals surface area contributed by atoms with Crippen LogP contribution in [0.25, 0.3) is 0 Å². The summed E-state index contributed by atoms with van der Waals surface area (Å²) < 4.78 is 20.9. The number of carbonyl (C=O) groups excluding carboxylic acids is 1. The van der Waals surface area contributed by atoms with Gasteiger partial charge in [-0.1, -0.05) is 0 Å². The zero-order chi connectivity index (χ0) is 18.2. The van der Waals surface area contributed by atoms with Gasteiger partial charge in [0.2, 0.25) is 5.75 Å². The number of benzene rings is 2. The molecule has 0 radical (unpaired) electrons. The zero-order valence-electron chi connectivity index (χ0n) is 14.5. The van der Waals surface area contributed by atoms with Crippen molar-refractivity contribution >= 4 is 12.1 Å². The Morgan fingerprint density at radius 2 is 1.52 bits per heavy atom. The fraction of sp³-hybridized carbons (Fsp3) is 0.222. The largest absolute Gasteiger partial charge is 0.497 e. The van der Waals surface area contributed by atoms with Gasteiger partial charge in [-0.3, -0.25) is 4.79 Å². The van der Waals surface area contributed by atoms with Crippen molar-refractivity contribution in [1.29, 1.82) is 0 Å². The Morgan fingerprint density at radius 3 is 2.00 bits per heavy atom. The number of nitrogens with one attached hydrogen (secondary N) is 1. The first kappa shape index (κ1) is 18.1. The molecule has 2 aromatic rings. The van der Waals surface area contributed by atoms with E-state index in [0.717, 1.165) is 0 Å². The molecule has 0 saturated carbocycles. The number of methoxy groups -OCH3 is 4. The molecule has 0 aliphatic carbocycles. The third-order valence-electron chi connectivity index (χ3n) is 3.42. The van der Waals surface area contributed by atoms with E-state index in [4.69, 9.17) is 18.9 Å². The monoisotopic (exact) mass is 344 g/mol. The van der Waals surface area contributed by atoms with Crippen molar-refractivity contribution in [3.05, 3.63) is 47.5 Å². The quantitative estimate of drug-likeness (QED) is 0.617. The van der Waals surface area contributed by atoms with E-state index < -0.39 is 0 Å². The number of carbonyl (C=O) groups is 1. The minimum atomic E-state index is -0.327. The summed E-state index contributed by atoms with van der Waals surface area (Å²) in [6, 6.07) is 10.2. The Morgan fingerprint density at radius 1 is 0.920 bits per heavy atom. The summed E-state index contributed by atoms with van der Waals surface area (Å²) in [6.07, 6.45) is 1.49. The Bertz CT molecular complexity index is 732. The Hall–Kier alpha value is -3.22. The third kappa shape index (κ3) is 4.41. The van der Waals surface area contributed by atoms with Crippen molar-refractivity contribution in [2.45, 2.75) is 0 Å². The summed E-state index contributed by atoms with van der Waals surface area (Å²) in [5.41, 5.74) is 3.62. The maximum Gasteiger partial charge on any atom is 0.271 e. The smallest absolute Gasteiger partial charge is 0.271 e. The van der Waals surface area contributed by atoms with Gasteiger partial charge < -0.3 is 18.9 Å². The molecule has 2 aromatic carbocycles. The molecule has 0 saturated heterocycles. The minimum absolute atomic E-state index is 0.327. The van der Waals surface area contributed by atoms with Gasteiger partial charge in [-0.2, -0.15) is 5.10 Å². The molecule has 0 fully saturated rings. The van der Waals surface area contributed by atoms with E-state index >= 15 is 0 Å². The molecule has 0 bridgehead atoms. The average Bonchev–Trinajstić information content (AvgIpc) is 2.66. The molecule has 2 rings (SSSR count). The van der Waals surface area contributed by atoms with Gasteiger partial charge in [0.1, 0.15) is 5.75 Å². The number of hydrazone groups is 1. The van der Waals surface area contributed by atoms with Crippen LogP contribution in [0.15, 0.2) is 41.5 Å². The normalized spacial score (nSPS) is 10.4. The number of rotatable bonds is 7. The first-order chi connectivity index (χ1) is 12.1. The molecule has 0 spiro atoms. The van der Waals surface area contributed by atoms with Crippen LogP contribution >= 0.6 is 0 Å². The number of hydrogen-bond acceptors (Lipinski definition) is 6. The van der Waals surface area contributed by atoms with Crippen molar-refractivity contribution in [1.82, 2.24) is 5.43 Å². The highest BCUT2D eigenvalue weighted by molar-refractivity contribution is 5.95. The highest BCUT2D eigenvalue weighted by atomic mass is 16.5. The van der Waals surface area contributed by atoms with Crippen molar-refractivity contribution in [3.8, 4) is 23.0 Å². The Kier molecular flexibility index (Phi) is 6.22. The maximum absolute atomic E-state index is 12.0. The highest BCUT2D eigenvalue weighted by Gasteiger charge is 2.12. The second-order valence-corrected chi connectivity index (χ2v) is 4.89. The number of amides is 1. The van der Waals surface area contributed by atoms with Crippen LogP contribution in [0.3, 0.4) is 0 Å². The van der Waals surface area contributed by atoms with Gasteiger partial charge in [-0.25, -0.2) is 5.43 Å². The number of ether oxygens (including phenoxy) is 4. The highest BCUT2D eigenvalue weighted by Crippen LogP contribution is 2.37. The lowest BCUT2D eigenvalue weighted by Gasteiger charge is -2.12. The topological polar surface area (TPSA) is 78.4 Å². The average molecular weight is 344 g/mol. The molecule has 1 N–H and O–H groups in total. The molecule has 0 unspecified atom stereocenters. The van der Waals surface area contributed by atoms with E-state index in [0.29, 0.717) is 34.1 Å². The van der Waals surface area contributed by atoms with E-state index in [9.17, 15) is 4.79 Å². The molecule has 0 aliphatic rings. The molecule has 25 heavy (non-hydrogen) atoms. The predicted octanol–water partition coefficient (Wildman–Crippen LogP) is 2.48. The van der Waals surface area contributed by atoms with Crippen LogP contribution < -0.4 is 24.4 Å². The summed E-state index contributed by atoms with van der Waals surface area (Å²) in [5, 5.41) is 3.96. The second kappa shape index (κ2) is 8.58. The first-order valence-corrected chi connectivity index (χ1v) is 7.40. The van der Waals surface area contributed by atoms with Gasteiger partial charge >= 0.3 is 0 Å². The zero-order valence-corrected chi connectivity index (χ0v) is 14.5. The summed E-state index contributed by atoms with van der Waals surface area (Å²) in [6.45, 7) is 0. The van der Waals surface area contributed by atoms with Gasteiger partial charge in [0.05, 0.1) is 34.7 Å². The van der Waals surface area contributed by atoms with Crippen molar-refractivity contribution in [2.75, 3.05) is 28.4 Å². The molecule has 0 aromatic heterocycles. The summed E-state index contributed by atoms with van der Waals surface area (Å²) in [7, 11) is 6.16. The SMILES string of the molecule is COc1ccc(C(=O)NN=Cc2cc(OC)c(OC)c(OC)c2)cc1. The van der Waals surface area contributed by atoms with E-state index in [-0.39, 0.29) is 5.91 Å². The lowest BCUT2D eigenvalue weighted by molar-refractivity contribution is 0.0955. The van der Waals surface area contributed by atoms with Crippen LogP contribution in [0.5, 0.6) is 23.0 Å². The maximum atomic E-state index is 12.0. The van der Waals surface area contributed by atoms with Gasteiger partial charge in [-0.05, 0) is 36.4 Å². The van der Waals surface area contributed by atoms with E-state index in [1.807, 2.05) is 0 Å². The Balaban J connectivity index is 2.11. The standard InChI is InChI=1S/C18H20N2O5/c1-22-14-7-5-13(6-8-14)18(21)20-19-11-12-9-15(23-2)17(25-4)16(10-12)24-3/h5-11H,1-4H3,(H,20,21). The molecular weight excluding hydrogens is 324 g/mol. The van der Waals surface area contributed by atoms with Crippen molar-refractivity contribution in [2.24, 2.45) is 5.10 Å². The molecule has 7 nitrogen and oxygen atoms in total. The predicted molar refractivity (Wildman–Crippen MR) is 94.2 cm³/mol. The van der Waals surface area contributed by atoms with Crippen LogP contribution in [-0.2, 0) is 0 Å². The van der Waals surface area contributed by atoms with Gasteiger partial charge in [0.25, 0.3) is 5.91 Å². The van der Waals surface area contributed by atoms with E-state index in [1.54, 1.807) is 43.5 Å². The fourth-order valence-electron chi connectivity index (χ4n) is 2.15. The summed E-state index contributed by atoms with van der Waals surface area (Å²) in [4.78, 5) is 12.0. The lowest BCUT2D eigenvalue weighted by Crippen LogP contribution is -2.17. The molecule has 132 valence electrons. The molecule has 7 heteroatoms. The Labute approximate surface area is 146 Å². The minimum Gasteiger partial charge on any atom is -0.497 e. The third-order valence-corrected chi connectivity index (χ3v) is 3.42. The summed E-state index contributed by atoms with van der Waals surface area (Å²) >= 11 is 0. The molecule has 0 aliphatic heterocycles. The summed E-state index contributed by atoms with van der Waals surface area (Å²) in [5.74, 6) is 1.85. The van der Waals surface area contributed by atoms with Crippen LogP contribution in [0.2, 0.25) is 0 Å². The van der Waals surface area contributed by atoms with Crippen molar-refractivity contribution in [3.63, 3.8) is 0 Å². The molecule has 0 atom stereocenters. The van der Waals surface area contributed by atoms with Crippen LogP contribution in [-0.4, -0.2) is 40.6 Å². The van der Waals surface area contributed by atoms with Gasteiger partial charge in [-0.15, -0.1) is 0 Å². The van der Waals surface area contributed by atoms with E-state index in [2.05, 4.69) is 10.5 Å². The van der Waals surface area contributed by atoms with Crippen LogP contribution in [0.1, 0.15) is 15.9 Å². The molecule has 0 heterocycles. The second-order valence-electron chi connectivity index (χ2n) is 4.89. The van der Waals surface area contributed by atoms with Crippen molar-refractivity contribution < 1.29 is 23.7 Å². The lowest BCUT2D eigenvalue weighted by atomic mass is 10.2. The molecule has 1 amide bonds. The van der Waals surface area contributed by atoms with Gasteiger partial charge in [0, 0.05) is 11.1 Å². The van der Waals surface area contributed by atoms with Crippen LogP contribution in [0, 0.1) is 0 Å². The molecular formula is C18H20N2O5. The van der Waals surface area contributed by atoms with Crippen LogP contribution in [0.4, 0.5) is 0 Å². The number of hydrogen-bond donors (Lipinski definition) is 1.